The molecular formula is C17H23NO2S. The van der Waals surface area contributed by atoms with Crippen LogP contribution in [0.2, 0.25) is 0 Å². The topological polar surface area (TPSA) is 32.7 Å². The smallest absolute Gasteiger partial charge is 0.127 e. The zero-order valence-corrected chi connectivity index (χ0v) is 13.5. The van der Waals surface area contributed by atoms with Crippen molar-refractivity contribution in [3.8, 4) is 5.75 Å². The maximum absolute atomic E-state index is 10.1. The minimum atomic E-state index is -0.476. The quantitative estimate of drug-likeness (QED) is 0.813. The first kappa shape index (κ1) is 16.1. The van der Waals surface area contributed by atoms with E-state index in [1.807, 2.05) is 49.1 Å². The van der Waals surface area contributed by atoms with Gasteiger partial charge in [-0.1, -0.05) is 36.4 Å². The van der Waals surface area contributed by atoms with Crippen molar-refractivity contribution in [2.24, 2.45) is 0 Å². The maximum Gasteiger partial charge on any atom is 0.127 e. The number of fused-ring (bicyclic) bond motifs is 1. The van der Waals surface area contributed by atoms with E-state index in [9.17, 15) is 5.11 Å². The molecule has 1 N–H and O–H groups in total. The standard InChI is InChI=1S/C17H23NO2S/c1-18(10-11-21-2)12-15(19)13-20-17-9-5-7-14-6-3-4-8-16(14)17/h3-9,15,19H,10-13H2,1-2H3. The summed E-state index contributed by atoms with van der Waals surface area (Å²) in [4.78, 5) is 2.13. The van der Waals surface area contributed by atoms with Gasteiger partial charge in [0.15, 0.2) is 0 Å². The molecule has 0 amide bonds. The molecule has 0 saturated heterocycles. The van der Waals surface area contributed by atoms with E-state index in [1.165, 1.54) is 0 Å². The number of benzene rings is 2. The molecule has 114 valence electrons. The Morgan fingerprint density at radius 1 is 1.19 bits per heavy atom. The summed E-state index contributed by atoms with van der Waals surface area (Å²) in [5.41, 5.74) is 0. The van der Waals surface area contributed by atoms with Gasteiger partial charge in [-0.2, -0.15) is 11.8 Å². The number of hydrogen-bond donors (Lipinski definition) is 1. The predicted molar refractivity (Wildman–Crippen MR) is 91.3 cm³/mol. The predicted octanol–water partition coefficient (Wildman–Crippen LogP) is 2.87. The largest absolute Gasteiger partial charge is 0.490 e. The van der Waals surface area contributed by atoms with Crippen molar-refractivity contribution >= 4 is 22.5 Å². The first-order chi connectivity index (χ1) is 10.2. The van der Waals surface area contributed by atoms with Gasteiger partial charge < -0.3 is 14.7 Å². The number of rotatable bonds is 8. The lowest BCUT2D eigenvalue weighted by Crippen LogP contribution is -2.34. The van der Waals surface area contributed by atoms with E-state index in [2.05, 4.69) is 23.3 Å². The zero-order chi connectivity index (χ0) is 15.1. The first-order valence-corrected chi connectivity index (χ1v) is 8.56. The number of likely N-dealkylation sites (N-methyl/N-ethyl adjacent to an activating group) is 1. The average Bonchev–Trinajstić information content (AvgIpc) is 2.51. The van der Waals surface area contributed by atoms with Crippen LogP contribution in [0.15, 0.2) is 42.5 Å². The van der Waals surface area contributed by atoms with Crippen molar-refractivity contribution in [1.82, 2.24) is 4.90 Å². The molecule has 0 radical (unpaired) electrons. The fourth-order valence-corrected chi connectivity index (χ4v) is 2.75. The van der Waals surface area contributed by atoms with Gasteiger partial charge in [-0.15, -0.1) is 0 Å². The normalized spacial score (nSPS) is 12.8. The SMILES string of the molecule is CSCCN(C)CC(O)COc1cccc2ccccc12. The molecule has 3 nitrogen and oxygen atoms in total. The highest BCUT2D eigenvalue weighted by Gasteiger charge is 2.10. The molecule has 0 aliphatic carbocycles. The van der Waals surface area contributed by atoms with E-state index >= 15 is 0 Å². The Kier molecular flexibility index (Phi) is 6.36. The number of ether oxygens (including phenoxy) is 1. The number of aliphatic hydroxyl groups is 1. The maximum atomic E-state index is 10.1. The minimum absolute atomic E-state index is 0.317. The summed E-state index contributed by atoms with van der Waals surface area (Å²) in [5, 5.41) is 12.3. The van der Waals surface area contributed by atoms with E-state index in [1.54, 1.807) is 0 Å². The fraction of sp³-hybridized carbons (Fsp3) is 0.412. The first-order valence-electron chi connectivity index (χ1n) is 7.17. The van der Waals surface area contributed by atoms with E-state index in [0.717, 1.165) is 28.8 Å². The van der Waals surface area contributed by atoms with E-state index in [4.69, 9.17) is 4.74 Å². The van der Waals surface area contributed by atoms with Crippen molar-refractivity contribution < 1.29 is 9.84 Å². The van der Waals surface area contributed by atoms with Gasteiger partial charge in [-0.05, 0) is 24.8 Å². The summed E-state index contributed by atoms with van der Waals surface area (Å²) in [6.07, 6.45) is 1.62. The Balaban J connectivity index is 1.89. The second kappa shape index (κ2) is 8.27. The van der Waals surface area contributed by atoms with Crippen LogP contribution in [0.4, 0.5) is 0 Å². The molecule has 0 fully saturated rings. The van der Waals surface area contributed by atoms with Crippen molar-refractivity contribution in [3.63, 3.8) is 0 Å². The van der Waals surface area contributed by atoms with Crippen LogP contribution in [0.1, 0.15) is 0 Å². The third-order valence-electron chi connectivity index (χ3n) is 3.38. The summed E-state index contributed by atoms with van der Waals surface area (Å²) in [7, 11) is 2.03. The Morgan fingerprint density at radius 3 is 2.76 bits per heavy atom. The van der Waals surface area contributed by atoms with Gasteiger partial charge in [-0.3, -0.25) is 0 Å². The molecule has 0 aliphatic rings. The lowest BCUT2D eigenvalue weighted by Gasteiger charge is -2.20. The van der Waals surface area contributed by atoms with Gasteiger partial charge in [0.2, 0.25) is 0 Å². The van der Waals surface area contributed by atoms with Crippen molar-refractivity contribution in [2.75, 3.05) is 38.8 Å². The third-order valence-corrected chi connectivity index (χ3v) is 3.97. The molecule has 0 heterocycles. The van der Waals surface area contributed by atoms with Gasteiger partial charge >= 0.3 is 0 Å². The van der Waals surface area contributed by atoms with Crippen LogP contribution >= 0.6 is 11.8 Å². The zero-order valence-electron chi connectivity index (χ0n) is 12.7. The van der Waals surface area contributed by atoms with Crippen LogP contribution in [0.25, 0.3) is 10.8 Å². The molecule has 21 heavy (non-hydrogen) atoms. The molecule has 2 aromatic rings. The molecule has 2 rings (SSSR count). The monoisotopic (exact) mass is 305 g/mol. The highest BCUT2D eigenvalue weighted by atomic mass is 32.2. The van der Waals surface area contributed by atoms with Gasteiger partial charge in [0.25, 0.3) is 0 Å². The Morgan fingerprint density at radius 2 is 1.95 bits per heavy atom. The molecule has 0 bridgehead atoms. The molecular weight excluding hydrogens is 282 g/mol. The van der Waals surface area contributed by atoms with Gasteiger partial charge in [-0.25, -0.2) is 0 Å². The molecule has 0 aromatic heterocycles. The van der Waals surface area contributed by atoms with Crippen LogP contribution in [0.3, 0.4) is 0 Å². The van der Waals surface area contributed by atoms with Crippen molar-refractivity contribution in [2.45, 2.75) is 6.10 Å². The van der Waals surface area contributed by atoms with Gasteiger partial charge in [0.05, 0.1) is 0 Å². The van der Waals surface area contributed by atoms with Gasteiger partial charge in [0.1, 0.15) is 18.5 Å². The number of nitrogens with zero attached hydrogens (tertiary/aromatic N) is 1. The van der Waals surface area contributed by atoms with Crippen LogP contribution in [0.5, 0.6) is 5.75 Å². The second-order valence-corrected chi connectivity index (χ2v) is 6.18. The molecule has 1 unspecified atom stereocenters. The minimum Gasteiger partial charge on any atom is -0.490 e. The number of hydrogen-bond acceptors (Lipinski definition) is 4. The van der Waals surface area contributed by atoms with E-state index in [0.29, 0.717) is 13.2 Å². The Bertz CT molecular complexity index is 556. The van der Waals surface area contributed by atoms with Crippen molar-refractivity contribution in [3.05, 3.63) is 42.5 Å². The van der Waals surface area contributed by atoms with E-state index < -0.39 is 6.10 Å². The summed E-state index contributed by atoms with van der Waals surface area (Å²) in [6, 6.07) is 14.1. The van der Waals surface area contributed by atoms with Crippen LogP contribution in [0, 0.1) is 0 Å². The van der Waals surface area contributed by atoms with Crippen LogP contribution in [-0.4, -0.2) is 54.9 Å². The summed E-state index contributed by atoms with van der Waals surface area (Å²) in [5.74, 6) is 1.91. The molecule has 0 saturated carbocycles. The number of thioether (sulfide) groups is 1. The highest BCUT2D eigenvalue weighted by Crippen LogP contribution is 2.25. The molecule has 1 atom stereocenters. The van der Waals surface area contributed by atoms with E-state index in [-0.39, 0.29) is 0 Å². The molecule has 4 heteroatoms. The van der Waals surface area contributed by atoms with Crippen LogP contribution in [-0.2, 0) is 0 Å². The summed E-state index contributed by atoms with van der Waals surface area (Å²) in [6.45, 7) is 1.93. The second-order valence-electron chi connectivity index (χ2n) is 5.20. The summed E-state index contributed by atoms with van der Waals surface area (Å²) < 4.78 is 5.80. The third kappa shape index (κ3) is 4.92. The van der Waals surface area contributed by atoms with Crippen LogP contribution < -0.4 is 4.74 Å². The lowest BCUT2D eigenvalue weighted by atomic mass is 10.1. The Hall–Kier alpha value is -1.23. The number of aliphatic hydroxyl groups excluding tert-OH is 1. The lowest BCUT2D eigenvalue weighted by molar-refractivity contribution is 0.0788. The molecule has 0 spiro atoms. The molecule has 0 aliphatic heterocycles. The van der Waals surface area contributed by atoms with Gasteiger partial charge in [0, 0.05) is 24.2 Å². The summed E-state index contributed by atoms with van der Waals surface area (Å²) >= 11 is 1.81. The molecule has 2 aromatic carbocycles. The average molecular weight is 305 g/mol. The highest BCUT2D eigenvalue weighted by molar-refractivity contribution is 7.98. The van der Waals surface area contributed by atoms with Crippen molar-refractivity contribution in [1.29, 1.82) is 0 Å². The fourth-order valence-electron chi connectivity index (χ4n) is 2.26. The Labute approximate surface area is 130 Å².